The maximum absolute atomic E-state index is 12.8. The SMILES string of the molecule is Cn1ccc(C(=O)N2CCCCC2c2nc3ccccc3[nH]2)n1. The van der Waals surface area contributed by atoms with Crippen molar-refractivity contribution in [2.75, 3.05) is 6.54 Å². The minimum absolute atomic E-state index is 0.00865. The van der Waals surface area contributed by atoms with Crippen LogP contribution in [0.2, 0.25) is 0 Å². The summed E-state index contributed by atoms with van der Waals surface area (Å²) in [4.78, 5) is 22.8. The van der Waals surface area contributed by atoms with Gasteiger partial charge in [-0.2, -0.15) is 5.10 Å². The van der Waals surface area contributed by atoms with Gasteiger partial charge >= 0.3 is 0 Å². The fraction of sp³-hybridized carbons (Fsp3) is 0.353. The molecule has 0 spiro atoms. The van der Waals surface area contributed by atoms with E-state index in [0.717, 1.165) is 42.7 Å². The second-order valence-electron chi connectivity index (χ2n) is 6.02. The van der Waals surface area contributed by atoms with Gasteiger partial charge in [-0.1, -0.05) is 12.1 Å². The summed E-state index contributed by atoms with van der Waals surface area (Å²) in [5.74, 6) is 0.853. The summed E-state index contributed by atoms with van der Waals surface area (Å²) in [6.45, 7) is 0.747. The molecule has 1 unspecified atom stereocenters. The lowest BCUT2D eigenvalue weighted by Gasteiger charge is -2.34. The number of aryl methyl sites for hydroxylation is 1. The maximum atomic E-state index is 12.8. The molecule has 1 N–H and O–H groups in total. The van der Waals surface area contributed by atoms with E-state index in [-0.39, 0.29) is 11.9 Å². The number of hydrogen-bond acceptors (Lipinski definition) is 3. The third kappa shape index (κ3) is 2.50. The molecule has 1 aliphatic heterocycles. The minimum atomic E-state index is -0.0178. The summed E-state index contributed by atoms with van der Waals surface area (Å²) in [6.07, 6.45) is 4.86. The van der Waals surface area contributed by atoms with Gasteiger partial charge in [0.05, 0.1) is 17.1 Å². The van der Waals surface area contributed by atoms with E-state index in [9.17, 15) is 4.79 Å². The van der Waals surface area contributed by atoms with Crippen molar-refractivity contribution in [2.45, 2.75) is 25.3 Å². The van der Waals surface area contributed by atoms with Crippen LogP contribution in [-0.4, -0.2) is 37.1 Å². The molecule has 1 amide bonds. The van der Waals surface area contributed by atoms with E-state index in [1.165, 1.54) is 0 Å². The molecule has 0 bridgehead atoms. The van der Waals surface area contributed by atoms with Crippen molar-refractivity contribution in [3.05, 3.63) is 48.0 Å². The lowest BCUT2D eigenvalue weighted by Crippen LogP contribution is -2.39. The number of aromatic amines is 1. The molecule has 0 aliphatic carbocycles. The molecule has 3 aromatic rings. The normalized spacial score (nSPS) is 18.5. The van der Waals surface area contributed by atoms with E-state index in [0.29, 0.717) is 5.69 Å². The first-order valence-electron chi connectivity index (χ1n) is 7.97. The van der Waals surface area contributed by atoms with Gasteiger partial charge in [0.2, 0.25) is 0 Å². The monoisotopic (exact) mass is 309 g/mol. The van der Waals surface area contributed by atoms with Crippen molar-refractivity contribution in [2.24, 2.45) is 7.05 Å². The molecule has 1 aromatic carbocycles. The molecule has 1 fully saturated rings. The quantitative estimate of drug-likeness (QED) is 0.791. The van der Waals surface area contributed by atoms with Crippen LogP contribution in [0, 0.1) is 0 Å². The Labute approximate surface area is 134 Å². The van der Waals surface area contributed by atoms with Gasteiger partial charge in [0, 0.05) is 19.8 Å². The van der Waals surface area contributed by atoms with Crippen molar-refractivity contribution in [3.63, 3.8) is 0 Å². The Balaban J connectivity index is 1.68. The third-order valence-corrected chi connectivity index (χ3v) is 4.42. The zero-order valence-electron chi connectivity index (χ0n) is 13.1. The molecule has 6 nitrogen and oxygen atoms in total. The molecular formula is C17H19N5O. The lowest BCUT2D eigenvalue weighted by molar-refractivity contribution is 0.0594. The highest BCUT2D eigenvalue weighted by Crippen LogP contribution is 2.31. The van der Waals surface area contributed by atoms with Gasteiger partial charge in [0.25, 0.3) is 5.91 Å². The average molecular weight is 309 g/mol. The zero-order chi connectivity index (χ0) is 15.8. The predicted molar refractivity (Wildman–Crippen MR) is 86.9 cm³/mol. The average Bonchev–Trinajstić information content (AvgIpc) is 3.20. The highest BCUT2D eigenvalue weighted by molar-refractivity contribution is 5.92. The van der Waals surface area contributed by atoms with Gasteiger partial charge in [-0.3, -0.25) is 9.48 Å². The van der Waals surface area contributed by atoms with Crippen LogP contribution in [0.15, 0.2) is 36.5 Å². The number of benzene rings is 1. The number of para-hydroxylation sites is 2. The molecule has 1 aliphatic rings. The Bertz CT molecular complexity index is 816. The van der Waals surface area contributed by atoms with Crippen LogP contribution in [-0.2, 0) is 7.05 Å². The first kappa shape index (κ1) is 14.0. The van der Waals surface area contributed by atoms with Crippen molar-refractivity contribution < 1.29 is 4.79 Å². The van der Waals surface area contributed by atoms with Crippen LogP contribution < -0.4 is 0 Å². The zero-order valence-corrected chi connectivity index (χ0v) is 13.1. The summed E-state index contributed by atoms with van der Waals surface area (Å²) in [7, 11) is 1.82. The number of nitrogens with one attached hydrogen (secondary N) is 1. The molecule has 1 atom stereocenters. The van der Waals surface area contributed by atoms with Gasteiger partial charge in [-0.15, -0.1) is 0 Å². The standard InChI is InChI=1S/C17H19N5O/c1-21-11-9-14(20-21)17(23)22-10-5-4-8-15(22)16-18-12-6-2-3-7-13(12)19-16/h2-3,6-7,9,11,15H,4-5,8,10H2,1H3,(H,18,19). The molecule has 2 aromatic heterocycles. The summed E-state index contributed by atoms with van der Waals surface area (Å²) in [5, 5.41) is 4.25. The molecule has 118 valence electrons. The second-order valence-corrected chi connectivity index (χ2v) is 6.02. The Morgan fingerprint density at radius 2 is 2.13 bits per heavy atom. The number of fused-ring (bicyclic) bond motifs is 1. The van der Waals surface area contributed by atoms with Crippen LogP contribution in [0.1, 0.15) is 41.6 Å². The predicted octanol–water partition coefficient (Wildman–Crippen LogP) is 2.66. The van der Waals surface area contributed by atoms with Gasteiger partial charge in [-0.25, -0.2) is 4.98 Å². The fourth-order valence-electron chi connectivity index (χ4n) is 3.27. The van der Waals surface area contributed by atoms with Crippen LogP contribution in [0.5, 0.6) is 0 Å². The van der Waals surface area contributed by atoms with Crippen LogP contribution in [0.4, 0.5) is 0 Å². The molecule has 0 radical (unpaired) electrons. The van der Waals surface area contributed by atoms with Crippen molar-refractivity contribution >= 4 is 16.9 Å². The van der Waals surface area contributed by atoms with Crippen LogP contribution >= 0.6 is 0 Å². The van der Waals surface area contributed by atoms with E-state index in [1.807, 2.05) is 36.2 Å². The van der Waals surface area contributed by atoms with Crippen molar-refractivity contribution in [3.8, 4) is 0 Å². The first-order chi connectivity index (χ1) is 11.2. The second kappa shape index (κ2) is 5.53. The van der Waals surface area contributed by atoms with Crippen LogP contribution in [0.3, 0.4) is 0 Å². The van der Waals surface area contributed by atoms with Crippen molar-refractivity contribution in [1.82, 2.24) is 24.6 Å². The molecule has 4 rings (SSSR count). The fourth-order valence-corrected chi connectivity index (χ4v) is 3.27. The number of likely N-dealkylation sites (tertiary alicyclic amines) is 1. The smallest absolute Gasteiger partial charge is 0.274 e. The van der Waals surface area contributed by atoms with E-state index >= 15 is 0 Å². The molecule has 6 heteroatoms. The van der Waals surface area contributed by atoms with Crippen molar-refractivity contribution in [1.29, 1.82) is 0 Å². The maximum Gasteiger partial charge on any atom is 0.274 e. The highest BCUT2D eigenvalue weighted by atomic mass is 16.2. The first-order valence-corrected chi connectivity index (χ1v) is 7.97. The molecule has 23 heavy (non-hydrogen) atoms. The third-order valence-electron chi connectivity index (χ3n) is 4.42. The lowest BCUT2D eigenvalue weighted by atomic mass is 10.0. The number of rotatable bonds is 2. The largest absolute Gasteiger partial charge is 0.340 e. The number of aromatic nitrogens is 4. The Hall–Kier alpha value is -2.63. The number of nitrogens with zero attached hydrogens (tertiary/aromatic N) is 4. The summed E-state index contributed by atoms with van der Waals surface area (Å²) in [5.41, 5.74) is 2.45. The van der Waals surface area contributed by atoms with Crippen LogP contribution in [0.25, 0.3) is 11.0 Å². The topological polar surface area (TPSA) is 66.8 Å². The molecular weight excluding hydrogens is 290 g/mol. The Morgan fingerprint density at radius 3 is 2.91 bits per heavy atom. The van der Waals surface area contributed by atoms with E-state index < -0.39 is 0 Å². The number of amides is 1. The number of H-pyrrole nitrogens is 1. The van der Waals surface area contributed by atoms with E-state index in [2.05, 4.69) is 10.1 Å². The van der Waals surface area contributed by atoms with E-state index in [4.69, 9.17) is 4.98 Å². The van der Waals surface area contributed by atoms with Gasteiger partial charge in [-0.05, 0) is 37.5 Å². The van der Waals surface area contributed by atoms with E-state index in [1.54, 1.807) is 16.9 Å². The molecule has 0 saturated carbocycles. The number of carbonyl (C=O) groups excluding carboxylic acids is 1. The highest BCUT2D eigenvalue weighted by Gasteiger charge is 2.31. The Kier molecular flexibility index (Phi) is 3.37. The Morgan fingerprint density at radius 1 is 1.26 bits per heavy atom. The minimum Gasteiger partial charge on any atom is -0.340 e. The summed E-state index contributed by atoms with van der Waals surface area (Å²) in [6, 6.07) is 9.73. The molecule has 1 saturated heterocycles. The van der Waals surface area contributed by atoms with Gasteiger partial charge < -0.3 is 9.88 Å². The number of carbonyl (C=O) groups is 1. The number of imidazole rings is 1. The van der Waals surface area contributed by atoms with Gasteiger partial charge in [0.1, 0.15) is 11.5 Å². The summed E-state index contributed by atoms with van der Waals surface area (Å²) >= 11 is 0. The number of hydrogen-bond donors (Lipinski definition) is 1. The number of piperidine rings is 1. The molecule has 3 heterocycles. The summed E-state index contributed by atoms with van der Waals surface area (Å²) < 4.78 is 1.66. The van der Waals surface area contributed by atoms with Gasteiger partial charge in [0.15, 0.2) is 0 Å².